The highest BCUT2D eigenvalue weighted by Crippen LogP contribution is 2.21. The Hall–Kier alpha value is -2.07. The number of aryl methyl sites for hydroxylation is 1. The first-order valence-electron chi connectivity index (χ1n) is 6.48. The van der Waals surface area contributed by atoms with Crippen molar-refractivity contribution in [3.8, 4) is 5.69 Å². The van der Waals surface area contributed by atoms with Crippen molar-refractivity contribution >= 4 is 23.1 Å². The van der Waals surface area contributed by atoms with Crippen LogP contribution in [-0.2, 0) is 6.42 Å². The smallest absolute Gasteiger partial charge is 0.147 e. The average Bonchev–Trinajstić information content (AvgIpc) is 2.48. The minimum atomic E-state index is -0.296. The molecular formula is C16H13FN2S. The molecule has 0 spiro atoms. The summed E-state index contributed by atoms with van der Waals surface area (Å²) in [5.74, 6) is 0.467. The van der Waals surface area contributed by atoms with Crippen LogP contribution in [0.4, 0.5) is 4.39 Å². The van der Waals surface area contributed by atoms with Crippen molar-refractivity contribution in [3.05, 3.63) is 64.8 Å². The fraction of sp³-hybridized carbons (Fsp3) is 0.125. The maximum atomic E-state index is 14.1. The third kappa shape index (κ3) is 2.02. The second-order valence-corrected chi connectivity index (χ2v) is 4.88. The molecule has 2 aromatic carbocycles. The Morgan fingerprint density at radius 1 is 1.10 bits per heavy atom. The molecule has 0 saturated carbocycles. The SMILES string of the molecule is CCc1nc2ccccc2c(=S)n1-c1ccccc1F. The summed E-state index contributed by atoms with van der Waals surface area (Å²) < 4.78 is 16.4. The zero-order chi connectivity index (χ0) is 14.1. The molecule has 100 valence electrons. The van der Waals surface area contributed by atoms with Crippen molar-refractivity contribution in [2.45, 2.75) is 13.3 Å². The quantitative estimate of drug-likeness (QED) is 0.647. The van der Waals surface area contributed by atoms with E-state index in [1.807, 2.05) is 31.2 Å². The molecule has 0 aliphatic carbocycles. The van der Waals surface area contributed by atoms with Crippen molar-refractivity contribution in [2.24, 2.45) is 0 Å². The fourth-order valence-corrected chi connectivity index (χ4v) is 2.67. The number of halogens is 1. The van der Waals surface area contributed by atoms with Gasteiger partial charge in [-0.1, -0.05) is 43.4 Å². The molecule has 4 heteroatoms. The van der Waals surface area contributed by atoms with Gasteiger partial charge in [0.1, 0.15) is 16.3 Å². The van der Waals surface area contributed by atoms with E-state index in [-0.39, 0.29) is 5.82 Å². The lowest BCUT2D eigenvalue weighted by Crippen LogP contribution is -2.09. The second kappa shape index (κ2) is 5.13. The predicted octanol–water partition coefficient (Wildman–Crippen LogP) is 4.46. The highest BCUT2D eigenvalue weighted by Gasteiger charge is 2.11. The van der Waals surface area contributed by atoms with E-state index in [2.05, 4.69) is 4.98 Å². The topological polar surface area (TPSA) is 17.8 Å². The molecule has 0 bridgehead atoms. The lowest BCUT2D eigenvalue weighted by Gasteiger charge is -2.14. The van der Waals surface area contributed by atoms with Gasteiger partial charge in [-0.2, -0.15) is 0 Å². The van der Waals surface area contributed by atoms with E-state index in [0.717, 1.165) is 16.7 Å². The second-order valence-electron chi connectivity index (χ2n) is 4.49. The predicted molar refractivity (Wildman–Crippen MR) is 81.2 cm³/mol. The number of fused-ring (bicyclic) bond motifs is 1. The first-order valence-corrected chi connectivity index (χ1v) is 6.88. The normalized spacial score (nSPS) is 10.9. The summed E-state index contributed by atoms with van der Waals surface area (Å²) in [6, 6.07) is 14.3. The number of hydrogen-bond acceptors (Lipinski definition) is 2. The molecule has 2 nitrogen and oxygen atoms in total. The molecule has 20 heavy (non-hydrogen) atoms. The van der Waals surface area contributed by atoms with Gasteiger partial charge in [-0.3, -0.25) is 4.57 Å². The lowest BCUT2D eigenvalue weighted by atomic mass is 10.2. The third-order valence-corrected chi connectivity index (χ3v) is 3.66. The molecular weight excluding hydrogens is 271 g/mol. The summed E-state index contributed by atoms with van der Waals surface area (Å²) in [7, 11) is 0. The van der Waals surface area contributed by atoms with Crippen molar-refractivity contribution in [2.75, 3.05) is 0 Å². The van der Waals surface area contributed by atoms with Crippen molar-refractivity contribution in [3.63, 3.8) is 0 Å². The van der Waals surface area contributed by atoms with E-state index >= 15 is 0 Å². The maximum absolute atomic E-state index is 14.1. The van der Waals surface area contributed by atoms with E-state index in [9.17, 15) is 4.39 Å². The third-order valence-electron chi connectivity index (χ3n) is 3.25. The molecule has 1 heterocycles. The van der Waals surface area contributed by atoms with Gasteiger partial charge in [-0.05, 0) is 24.3 Å². The van der Waals surface area contributed by atoms with Gasteiger partial charge in [-0.15, -0.1) is 0 Å². The standard InChI is InChI=1S/C16H13FN2S/c1-2-15-18-13-9-5-3-7-11(13)16(20)19(15)14-10-6-4-8-12(14)17/h3-10H,2H2,1H3. The van der Waals surface area contributed by atoms with Crippen LogP contribution in [0.15, 0.2) is 48.5 Å². The zero-order valence-electron chi connectivity index (χ0n) is 11.0. The molecule has 0 atom stereocenters. The summed E-state index contributed by atoms with van der Waals surface area (Å²) in [5, 5.41) is 0.864. The van der Waals surface area contributed by atoms with Gasteiger partial charge >= 0.3 is 0 Å². The van der Waals surface area contributed by atoms with Gasteiger partial charge in [0, 0.05) is 11.8 Å². The Kier molecular flexibility index (Phi) is 3.32. The van der Waals surface area contributed by atoms with E-state index in [0.29, 0.717) is 16.7 Å². The van der Waals surface area contributed by atoms with Gasteiger partial charge in [-0.25, -0.2) is 9.37 Å². The molecule has 1 aromatic heterocycles. The number of rotatable bonds is 2. The number of nitrogens with zero attached hydrogens (tertiary/aromatic N) is 2. The van der Waals surface area contributed by atoms with Crippen molar-refractivity contribution in [1.29, 1.82) is 0 Å². The van der Waals surface area contributed by atoms with Crippen LogP contribution in [0.1, 0.15) is 12.7 Å². The molecule has 3 aromatic rings. The van der Waals surface area contributed by atoms with Crippen LogP contribution in [0.2, 0.25) is 0 Å². The molecule has 0 radical (unpaired) electrons. The molecule has 0 N–H and O–H groups in total. The van der Waals surface area contributed by atoms with Crippen LogP contribution in [0.3, 0.4) is 0 Å². The van der Waals surface area contributed by atoms with Crippen LogP contribution in [-0.4, -0.2) is 9.55 Å². The summed E-state index contributed by atoms with van der Waals surface area (Å²) in [4.78, 5) is 4.60. The van der Waals surface area contributed by atoms with Crippen LogP contribution in [0.5, 0.6) is 0 Å². The first kappa shape index (κ1) is 12.9. The Labute approximate surface area is 121 Å². The number of hydrogen-bond donors (Lipinski definition) is 0. The molecule has 0 fully saturated rings. The Bertz CT molecular complexity index is 839. The van der Waals surface area contributed by atoms with E-state index in [1.54, 1.807) is 22.8 Å². The van der Waals surface area contributed by atoms with E-state index in [1.165, 1.54) is 6.07 Å². The Morgan fingerprint density at radius 2 is 1.80 bits per heavy atom. The summed E-state index contributed by atoms with van der Waals surface area (Å²) in [5.41, 5.74) is 1.30. The van der Waals surface area contributed by atoms with Crippen molar-refractivity contribution in [1.82, 2.24) is 9.55 Å². The Balaban J connectivity index is 2.43. The van der Waals surface area contributed by atoms with E-state index in [4.69, 9.17) is 12.2 Å². The fourth-order valence-electron chi connectivity index (χ4n) is 2.30. The highest BCUT2D eigenvalue weighted by atomic mass is 32.1. The first-order chi connectivity index (χ1) is 9.72. The molecule has 0 saturated heterocycles. The summed E-state index contributed by atoms with van der Waals surface area (Å²) in [6.07, 6.45) is 0.683. The van der Waals surface area contributed by atoms with Crippen LogP contribution >= 0.6 is 12.2 Å². The zero-order valence-corrected chi connectivity index (χ0v) is 11.8. The van der Waals surface area contributed by atoms with E-state index < -0.39 is 0 Å². The molecule has 0 aliphatic heterocycles. The summed E-state index contributed by atoms with van der Waals surface area (Å²) >= 11 is 5.55. The minimum absolute atomic E-state index is 0.296. The summed E-state index contributed by atoms with van der Waals surface area (Å²) in [6.45, 7) is 1.99. The number of benzene rings is 2. The van der Waals surface area contributed by atoms with Crippen LogP contribution in [0.25, 0.3) is 16.6 Å². The molecule has 3 rings (SSSR count). The van der Waals surface area contributed by atoms with Gasteiger partial charge in [0.25, 0.3) is 0 Å². The van der Waals surface area contributed by atoms with Gasteiger partial charge in [0.15, 0.2) is 0 Å². The van der Waals surface area contributed by atoms with Gasteiger partial charge in [0.05, 0.1) is 11.2 Å². The highest BCUT2D eigenvalue weighted by molar-refractivity contribution is 7.71. The molecule has 0 amide bonds. The lowest BCUT2D eigenvalue weighted by molar-refractivity contribution is 0.613. The largest absolute Gasteiger partial charge is 0.285 e. The molecule has 0 aliphatic rings. The number of para-hydroxylation sites is 2. The van der Waals surface area contributed by atoms with Crippen LogP contribution < -0.4 is 0 Å². The maximum Gasteiger partial charge on any atom is 0.147 e. The monoisotopic (exact) mass is 284 g/mol. The Morgan fingerprint density at radius 3 is 2.55 bits per heavy atom. The van der Waals surface area contributed by atoms with Gasteiger partial charge < -0.3 is 0 Å². The average molecular weight is 284 g/mol. The number of aromatic nitrogens is 2. The minimum Gasteiger partial charge on any atom is -0.285 e. The van der Waals surface area contributed by atoms with Crippen LogP contribution in [0, 0.1) is 10.5 Å². The van der Waals surface area contributed by atoms with Gasteiger partial charge in [0.2, 0.25) is 0 Å². The molecule has 0 unspecified atom stereocenters. The van der Waals surface area contributed by atoms with Crippen molar-refractivity contribution < 1.29 is 4.39 Å².